The topological polar surface area (TPSA) is 106 Å². The highest BCUT2D eigenvalue weighted by Crippen LogP contribution is 2.39. The Bertz CT molecular complexity index is 998. The minimum atomic E-state index is -4.75. The lowest BCUT2D eigenvalue weighted by Crippen LogP contribution is -2.43. The molecule has 0 radical (unpaired) electrons. The minimum Gasteiger partial charge on any atom is -0.434 e. The van der Waals surface area contributed by atoms with Crippen molar-refractivity contribution < 1.29 is 31.8 Å². The number of anilines is 1. The molecule has 2 aromatic rings. The van der Waals surface area contributed by atoms with Gasteiger partial charge in [0.1, 0.15) is 11.4 Å². The normalized spacial score (nSPS) is 21.4. The molecule has 3 rings (SSSR count). The first kappa shape index (κ1) is 23.6. The van der Waals surface area contributed by atoms with Gasteiger partial charge < -0.3 is 20.9 Å². The maximum absolute atomic E-state index is 13.0. The fourth-order valence-corrected chi connectivity index (χ4v) is 3.57. The number of alkyl halides is 5. The molecule has 1 heterocycles. The zero-order chi connectivity index (χ0) is 23.7. The second-order valence-electron chi connectivity index (χ2n) is 8.00. The van der Waals surface area contributed by atoms with Crippen LogP contribution in [-0.2, 0) is 6.18 Å². The molecule has 4 N–H and O–H groups in total. The van der Waals surface area contributed by atoms with Crippen molar-refractivity contribution in [3.63, 3.8) is 0 Å². The molecule has 0 saturated heterocycles. The highest BCUT2D eigenvalue weighted by Gasteiger charge is 2.38. The van der Waals surface area contributed by atoms with Gasteiger partial charge in [0.2, 0.25) is 5.95 Å². The van der Waals surface area contributed by atoms with E-state index >= 15 is 0 Å². The molecule has 0 atom stereocenters. The van der Waals surface area contributed by atoms with Crippen molar-refractivity contribution in [2.75, 3.05) is 11.9 Å². The molecule has 1 saturated carbocycles. The molecule has 1 aliphatic rings. The third-order valence-electron chi connectivity index (χ3n) is 4.86. The number of ether oxygens (including phenoxy) is 1. The molecule has 0 amide bonds. The molecule has 174 valence electrons. The van der Waals surface area contributed by atoms with Crippen LogP contribution in [0, 0.1) is 5.92 Å². The number of nitrogens with zero attached hydrogens (tertiary/aromatic N) is 3. The number of rotatable bonds is 7. The molecule has 0 spiro atoms. The van der Waals surface area contributed by atoms with E-state index in [1.807, 2.05) is 0 Å². The smallest absolute Gasteiger partial charge is 0.416 e. The van der Waals surface area contributed by atoms with Gasteiger partial charge in [-0.15, -0.1) is 10.2 Å². The number of halogens is 5. The van der Waals surface area contributed by atoms with E-state index < -0.39 is 29.7 Å². The van der Waals surface area contributed by atoms with Gasteiger partial charge in [-0.1, -0.05) is 0 Å². The van der Waals surface area contributed by atoms with Crippen LogP contribution in [0.3, 0.4) is 0 Å². The second kappa shape index (κ2) is 8.85. The number of nitrogens with one attached hydrogen (secondary N) is 1. The van der Waals surface area contributed by atoms with E-state index in [0.29, 0.717) is 31.1 Å². The zero-order valence-corrected chi connectivity index (χ0v) is 17.2. The van der Waals surface area contributed by atoms with E-state index in [2.05, 4.69) is 25.2 Å². The average molecular weight is 459 g/mol. The Hall–Kier alpha value is -3.02. The highest BCUT2D eigenvalue weighted by molar-refractivity contribution is 5.75. The first-order valence-corrected chi connectivity index (χ1v) is 9.65. The van der Waals surface area contributed by atoms with Crippen LogP contribution in [0.25, 0.3) is 17.3 Å². The van der Waals surface area contributed by atoms with Crippen molar-refractivity contribution >= 4 is 12.0 Å². The van der Waals surface area contributed by atoms with Gasteiger partial charge in [-0.3, -0.25) is 0 Å². The maximum Gasteiger partial charge on any atom is 0.416 e. The van der Waals surface area contributed by atoms with Gasteiger partial charge in [0.15, 0.2) is 0 Å². The molecule has 0 unspecified atom stereocenters. The molecule has 0 aliphatic heterocycles. The Balaban J connectivity index is 1.96. The fraction of sp³-hybridized carbons (Fsp3) is 0.450. The predicted molar refractivity (Wildman–Crippen MR) is 107 cm³/mol. The summed E-state index contributed by atoms with van der Waals surface area (Å²) in [6, 6.07) is 2.17. The summed E-state index contributed by atoms with van der Waals surface area (Å²) in [7, 11) is 0. The number of aliphatic hydroxyl groups is 1. The average Bonchev–Trinajstić information content (AvgIpc) is 2.63. The third kappa shape index (κ3) is 5.81. The van der Waals surface area contributed by atoms with Crippen molar-refractivity contribution in [3.05, 3.63) is 35.2 Å². The van der Waals surface area contributed by atoms with Crippen LogP contribution in [0.15, 0.2) is 23.9 Å². The zero-order valence-electron chi connectivity index (χ0n) is 17.2. The largest absolute Gasteiger partial charge is 0.434 e. The van der Waals surface area contributed by atoms with Crippen molar-refractivity contribution in [2.45, 2.75) is 45.1 Å². The summed E-state index contributed by atoms with van der Waals surface area (Å²) < 4.78 is 69.2. The molecule has 12 heteroatoms. The van der Waals surface area contributed by atoms with Crippen LogP contribution in [0.5, 0.6) is 5.75 Å². The van der Waals surface area contributed by atoms with Crippen molar-refractivity contribution in [3.8, 4) is 17.0 Å². The monoisotopic (exact) mass is 459 g/mol. The minimum absolute atomic E-state index is 0.0729. The molecule has 7 nitrogen and oxygen atoms in total. The summed E-state index contributed by atoms with van der Waals surface area (Å²) in [5.41, 5.74) is 4.08. The summed E-state index contributed by atoms with van der Waals surface area (Å²) in [4.78, 5) is 4.28. The number of nitrogens with two attached hydrogens (primary N) is 1. The first-order valence-electron chi connectivity index (χ1n) is 9.65. The lowest BCUT2D eigenvalue weighted by molar-refractivity contribution is -0.138. The van der Waals surface area contributed by atoms with Crippen LogP contribution >= 0.6 is 0 Å². The molecule has 1 aliphatic carbocycles. The van der Waals surface area contributed by atoms with Crippen molar-refractivity contribution in [1.82, 2.24) is 15.2 Å². The summed E-state index contributed by atoms with van der Waals surface area (Å²) >= 11 is 0. The van der Waals surface area contributed by atoms with Gasteiger partial charge in [-0.25, -0.2) is 4.98 Å². The van der Waals surface area contributed by atoms with Crippen LogP contribution in [0.2, 0.25) is 0 Å². The Morgan fingerprint density at radius 2 is 2.03 bits per heavy atom. The van der Waals surface area contributed by atoms with Crippen molar-refractivity contribution in [2.24, 2.45) is 11.7 Å². The lowest BCUT2D eigenvalue weighted by atomic mass is 9.72. The van der Waals surface area contributed by atoms with E-state index in [1.165, 1.54) is 6.08 Å². The Kier molecular flexibility index (Phi) is 6.54. The number of hydrogen-bond acceptors (Lipinski definition) is 7. The van der Waals surface area contributed by atoms with Gasteiger partial charge in [-0.05, 0) is 56.9 Å². The number of allylic oxidation sites excluding steroid dienone is 1. The molecular weight excluding hydrogens is 437 g/mol. The molecule has 1 fully saturated rings. The third-order valence-corrected chi connectivity index (χ3v) is 4.86. The van der Waals surface area contributed by atoms with Crippen LogP contribution in [0.1, 0.15) is 37.9 Å². The van der Waals surface area contributed by atoms with Crippen LogP contribution in [0.4, 0.5) is 27.9 Å². The van der Waals surface area contributed by atoms with E-state index in [9.17, 15) is 27.1 Å². The lowest BCUT2D eigenvalue weighted by Gasteiger charge is -2.40. The van der Waals surface area contributed by atoms with Gasteiger partial charge in [-0.2, -0.15) is 22.0 Å². The maximum atomic E-state index is 13.0. The Labute approximate surface area is 180 Å². The van der Waals surface area contributed by atoms with Crippen LogP contribution in [-0.4, -0.2) is 39.0 Å². The summed E-state index contributed by atoms with van der Waals surface area (Å²) in [5.74, 6) is -0.381. The summed E-state index contributed by atoms with van der Waals surface area (Å²) in [5, 5.41) is 20.7. The van der Waals surface area contributed by atoms with Gasteiger partial charge >= 0.3 is 12.8 Å². The van der Waals surface area contributed by atoms with Crippen molar-refractivity contribution in [1.29, 1.82) is 0 Å². The molecule has 1 aromatic heterocycles. The number of hydrogen-bond donors (Lipinski definition) is 3. The van der Waals surface area contributed by atoms with Gasteiger partial charge in [0, 0.05) is 17.8 Å². The second-order valence-corrected chi connectivity index (χ2v) is 8.00. The fourth-order valence-electron chi connectivity index (χ4n) is 3.57. The van der Waals surface area contributed by atoms with Crippen LogP contribution < -0.4 is 15.8 Å². The molecular formula is C20H22F5N5O2. The van der Waals surface area contributed by atoms with E-state index in [-0.39, 0.29) is 28.8 Å². The van der Waals surface area contributed by atoms with Gasteiger partial charge in [0.05, 0.1) is 16.9 Å². The van der Waals surface area contributed by atoms with E-state index in [0.717, 1.165) is 12.1 Å². The Morgan fingerprint density at radius 3 is 2.59 bits per heavy atom. The summed E-state index contributed by atoms with van der Waals surface area (Å²) in [6.45, 7) is 0.418. The number of benzene rings is 1. The van der Waals surface area contributed by atoms with E-state index in [1.54, 1.807) is 13.8 Å². The quantitative estimate of drug-likeness (QED) is 0.537. The molecule has 1 aromatic carbocycles. The SMILES string of the molecule is CC(N)=Cc1nc(NCC2CC(C)(O)C2)nnc1-c1ccc(C(F)(F)F)cc1OC(F)F. The standard InChI is InChI=1S/C20H22F5N5O2/c1-10(26)5-14-16(29-30-18(28-14)27-9-11-7-19(2,31)8-11)13-4-3-12(20(23,24)25)6-15(13)32-17(21)22/h3-6,11,17,31H,7-9,26H2,1-2H3,(H,27,28,30). The number of aromatic nitrogens is 3. The highest BCUT2D eigenvalue weighted by atomic mass is 19.4. The van der Waals surface area contributed by atoms with Gasteiger partial charge in [0.25, 0.3) is 0 Å². The Morgan fingerprint density at radius 1 is 1.34 bits per heavy atom. The molecule has 32 heavy (non-hydrogen) atoms. The van der Waals surface area contributed by atoms with E-state index in [4.69, 9.17) is 5.73 Å². The predicted octanol–water partition coefficient (Wildman–Crippen LogP) is 4.05. The molecule has 0 bridgehead atoms. The summed E-state index contributed by atoms with van der Waals surface area (Å²) in [6.07, 6.45) is -2.13. The first-order chi connectivity index (χ1) is 14.8.